The minimum Gasteiger partial charge on any atom is -0.497 e. The molecule has 2 aliphatic rings. The van der Waals surface area contributed by atoms with Crippen LogP contribution in [0.3, 0.4) is 0 Å². The Morgan fingerprint density at radius 2 is 2.11 bits per heavy atom. The molecule has 1 saturated carbocycles. The fourth-order valence-electron chi connectivity index (χ4n) is 3.75. The number of allylic oxidation sites excluding steroid dienone is 1. The van der Waals surface area contributed by atoms with E-state index in [1.54, 1.807) is 7.11 Å². The molecule has 144 valence electrons. The lowest BCUT2D eigenvalue weighted by Crippen LogP contribution is -2.35. The SMILES string of the molecule is COc1ccc(CCN2CNc3cc(N=C=S)ccc3C2=C2CCC2)c(F)c1. The van der Waals surface area contributed by atoms with Crippen LogP contribution >= 0.6 is 12.2 Å². The van der Waals surface area contributed by atoms with Crippen molar-refractivity contribution in [1.29, 1.82) is 0 Å². The number of methoxy groups -OCH3 is 1. The number of thiocarbonyl (C=S) groups is 1. The Morgan fingerprint density at radius 3 is 2.79 bits per heavy atom. The number of hydrogen-bond acceptors (Lipinski definition) is 5. The van der Waals surface area contributed by atoms with E-state index < -0.39 is 0 Å². The van der Waals surface area contributed by atoms with Crippen LogP contribution in [0.25, 0.3) is 5.70 Å². The van der Waals surface area contributed by atoms with Crippen LogP contribution in [0.15, 0.2) is 47.0 Å². The molecule has 1 aliphatic heterocycles. The summed E-state index contributed by atoms with van der Waals surface area (Å²) in [6, 6.07) is 11.1. The van der Waals surface area contributed by atoms with Crippen LogP contribution < -0.4 is 10.1 Å². The third-order valence-corrected chi connectivity index (χ3v) is 5.50. The fraction of sp³-hybridized carbons (Fsp3) is 0.318. The molecule has 0 spiro atoms. The van der Waals surface area contributed by atoms with E-state index >= 15 is 0 Å². The molecule has 4 rings (SSSR count). The first-order valence-electron chi connectivity index (χ1n) is 9.45. The fourth-order valence-corrected chi connectivity index (χ4v) is 3.85. The summed E-state index contributed by atoms with van der Waals surface area (Å²) in [6.45, 7) is 1.43. The van der Waals surface area contributed by atoms with Crippen molar-refractivity contribution in [2.75, 3.05) is 25.6 Å². The summed E-state index contributed by atoms with van der Waals surface area (Å²) < 4.78 is 19.4. The molecule has 28 heavy (non-hydrogen) atoms. The summed E-state index contributed by atoms with van der Waals surface area (Å²) in [5.41, 5.74) is 6.51. The standard InChI is InChI=1S/C22H22FN3OS/c1-27-18-7-5-15(20(23)12-18)9-10-26-13-24-21-11-17(25-14-28)6-8-19(21)22(26)16-3-2-4-16/h5-8,11-12,24H,2-4,9-10,13H2,1H3. The Labute approximate surface area is 169 Å². The maximum Gasteiger partial charge on any atom is 0.130 e. The van der Waals surface area contributed by atoms with Gasteiger partial charge in [-0.2, -0.15) is 4.99 Å². The van der Waals surface area contributed by atoms with E-state index in [-0.39, 0.29) is 5.82 Å². The Kier molecular flexibility index (Phi) is 5.42. The minimum absolute atomic E-state index is 0.217. The number of halogens is 1. The van der Waals surface area contributed by atoms with Crippen LogP contribution in [0.2, 0.25) is 0 Å². The number of fused-ring (bicyclic) bond motifs is 1. The average molecular weight is 396 g/mol. The molecule has 1 fully saturated rings. The van der Waals surface area contributed by atoms with Gasteiger partial charge in [0.25, 0.3) is 0 Å². The number of isothiocyanates is 1. The zero-order chi connectivity index (χ0) is 19.5. The number of hydrogen-bond donors (Lipinski definition) is 1. The molecule has 0 saturated heterocycles. The summed E-state index contributed by atoms with van der Waals surface area (Å²) >= 11 is 4.71. The van der Waals surface area contributed by atoms with Crippen LogP contribution in [0, 0.1) is 5.82 Å². The van der Waals surface area contributed by atoms with Crippen molar-refractivity contribution in [1.82, 2.24) is 4.90 Å². The first-order chi connectivity index (χ1) is 13.7. The van der Waals surface area contributed by atoms with Crippen molar-refractivity contribution in [3.8, 4) is 5.75 Å². The molecule has 0 unspecified atom stereocenters. The number of nitrogens with one attached hydrogen (secondary N) is 1. The lowest BCUT2D eigenvalue weighted by Gasteiger charge is -2.38. The van der Waals surface area contributed by atoms with Gasteiger partial charge in [-0.05, 0) is 73.3 Å². The van der Waals surface area contributed by atoms with Crippen molar-refractivity contribution >= 4 is 34.5 Å². The number of aliphatic imine (C=N–C) groups is 1. The Bertz CT molecular complexity index is 976. The molecule has 0 amide bonds. The van der Waals surface area contributed by atoms with Crippen molar-refractivity contribution in [3.63, 3.8) is 0 Å². The molecule has 1 aliphatic carbocycles. The van der Waals surface area contributed by atoms with Crippen molar-refractivity contribution < 1.29 is 9.13 Å². The van der Waals surface area contributed by atoms with Gasteiger partial charge in [0.2, 0.25) is 0 Å². The molecule has 2 aromatic carbocycles. The van der Waals surface area contributed by atoms with Gasteiger partial charge in [-0.25, -0.2) is 4.39 Å². The van der Waals surface area contributed by atoms with Gasteiger partial charge in [-0.3, -0.25) is 0 Å². The van der Waals surface area contributed by atoms with E-state index in [4.69, 9.17) is 17.0 Å². The van der Waals surface area contributed by atoms with Gasteiger partial charge in [0.15, 0.2) is 0 Å². The number of ether oxygens (including phenoxy) is 1. The van der Waals surface area contributed by atoms with E-state index in [1.165, 1.54) is 29.3 Å². The maximum absolute atomic E-state index is 14.3. The second-order valence-corrected chi connectivity index (χ2v) is 7.23. The van der Waals surface area contributed by atoms with E-state index in [0.717, 1.165) is 30.8 Å². The highest BCUT2D eigenvalue weighted by Gasteiger charge is 2.26. The highest BCUT2D eigenvalue weighted by atomic mass is 32.1. The summed E-state index contributed by atoms with van der Waals surface area (Å²) in [5, 5.41) is 5.89. The highest BCUT2D eigenvalue weighted by molar-refractivity contribution is 7.78. The van der Waals surface area contributed by atoms with E-state index in [2.05, 4.69) is 26.4 Å². The molecular weight excluding hydrogens is 373 g/mol. The second kappa shape index (κ2) is 8.13. The summed E-state index contributed by atoms with van der Waals surface area (Å²) in [5.74, 6) is 0.326. The Hall–Kier alpha value is -2.69. The predicted molar refractivity (Wildman–Crippen MR) is 114 cm³/mol. The van der Waals surface area contributed by atoms with Gasteiger partial charge in [0.1, 0.15) is 11.6 Å². The number of nitrogens with zero attached hydrogens (tertiary/aromatic N) is 2. The first kappa shape index (κ1) is 18.7. The maximum atomic E-state index is 14.3. The predicted octanol–water partition coefficient (Wildman–Crippen LogP) is 5.39. The average Bonchev–Trinajstić information content (AvgIpc) is 2.67. The quantitative estimate of drug-likeness (QED) is 0.544. The van der Waals surface area contributed by atoms with Crippen molar-refractivity contribution in [3.05, 3.63) is 58.9 Å². The first-order valence-corrected chi connectivity index (χ1v) is 9.86. The topological polar surface area (TPSA) is 36.9 Å². The van der Waals surface area contributed by atoms with Crippen LogP contribution in [0.5, 0.6) is 5.75 Å². The summed E-state index contributed by atoms with van der Waals surface area (Å²) in [7, 11) is 1.55. The monoisotopic (exact) mass is 395 g/mol. The Morgan fingerprint density at radius 1 is 1.25 bits per heavy atom. The molecule has 0 atom stereocenters. The smallest absolute Gasteiger partial charge is 0.130 e. The third kappa shape index (κ3) is 3.66. The molecule has 1 heterocycles. The zero-order valence-corrected chi connectivity index (χ0v) is 16.6. The van der Waals surface area contributed by atoms with Crippen LogP contribution in [-0.2, 0) is 6.42 Å². The second-order valence-electron chi connectivity index (χ2n) is 7.04. The largest absolute Gasteiger partial charge is 0.497 e. The van der Waals surface area contributed by atoms with Crippen LogP contribution in [-0.4, -0.2) is 30.4 Å². The lowest BCUT2D eigenvalue weighted by atomic mass is 9.86. The molecular formula is C22H22FN3OS. The van der Waals surface area contributed by atoms with Crippen LogP contribution in [0.4, 0.5) is 15.8 Å². The number of anilines is 1. The normalized spacial score (nSPS) is 15.3. The van der Waals surface area contributed by atoms with Gasteiger partial charge in [-0.15, -0.1) is 0 Å². The van der Waals surface area contributed by atoms with E-state index in [9.17, 15) is 4.39 Å². The highest BCUT2D eigenvalue weighted by Crippen LogP contribution is 2.41. The van der Waals surface area contributed by atoms with Crippen molar-refractivity contribution in [2.24, 2.45) is 4.99 Å². The zero-order valence-electron chi connectivity index (χ0n) is 15.8. The molecule has 6 heteroatoms. The lowest BCUT2D eigenvalue weighted by molar-refractivity contribution is 0.403. The van der Waals surface area contributed by atoms with E-state index in [1.807, 2.05) is 24.3 Å². The molecule has 4 nitrogen and oxygen atoms in total. The molecule has 0 radical (unpaired) electrons. The van der Waals surface area contributed by atoms with Gasteiger partial charge < -0.3 is 15.0 Å². The summed E-state index contributed by atoms with van der Waals surface area (Å²) in [4.78, 5) is 6.40. The Balaban J connectivity index is 1.59. The third-order valence-electron chi connectivity index (χ3n) is 5.41. The van der Waals surface area contributed by atoms with Gasteiger partial charge in [0, 0.05) is 29.6 Å². The minimum atomic E-state index is -0.217. The molecule has 1 N–H and O–H groups in total. The molecule has 0 bridgehead atoms. The van der Waals surface area contributed by atoms with Gasteiger partial charge >= 0.3 is 0 Å². The van der Waals surface area contributed by atoms with Gasteiger partial charge in [-0.1, -0.05) is 6.07 Å². The summed E-state index contributed by atoms with van der Waals surface area (Å²) in [6.07, 6.45) is 4.12. The van der Waals surface area contributed by atoms with Gasteiger partial charge in [0.05, 0.1) is 24.6 Å². The van der Waals surface area contributed by atoms with E-state index in [0.29, 0.717) is 24.4 Å². The molecule has 0 aromatic heterocycles. The van der Waals surface area contributed by atoms with Crippen molar-refractivity contribution in [2.45, 2.75) is 25.7 Å². The number of benzene rings is 2. The number of rotatable bonds is 5. The van der Waals surface area contributed by atoms with Crippen LogP contribution in [0.1, 0.15) is 30.4 Å². The molecule has 2 aromatic rings.